The molecular formula is C13H9ClF2N2O2. The molecule has 0 spiro atoms. The quantitative estimate of drug-likeness (QED) is 0.682. The smallest absolute Gasteiger partial charge is 0.295 e. The molecule has 0 saturated heterocycles. The van der Waals surface area contributed by atoms with E-state index in [-0.39, 0.29) is 22.9 Å². The normalized spacial score (nSPS) is 10.3. The zero-order chi connectivity index (χ0) is 14.7. The molecule has 0 heterocycles. The molecule has 4 nitrogen and oxygen atoms in total. The van der Waals surface area contributed by atoms with Crippen LogP contribution in [0.4, 0.5) is 20.2 Å². The third-order valence-electron chi connectivity index (χ3n) is 2.62. The highest BCUT2D eigenvalue weighted by Gasteiger charge is 2.14. The van der Waals surface area contributed by atoms with Crippen molar-refractivity contribution in [2.45, 2.75) is 6.54 Å². The predicted octanol–water partition coefficient (Wildman–Crippen LogP) is 4.14. The van der Waals surface area contributed by atoms with Crippen LogP contribution < -0.4 is 5.32 Å². The van der Waals surface area contributed by atoms with Crippen molar-refractivity contribution in [2.75, 3.05) is 5.32 Å². The Hall–Kier alpha value is -2.21. The summed E-state index contributed by atoms with van der Waals surface area (Å²) in [5.41, 5.74) is 0.344. The largest absolute Gasteiger partial charge is 0.375 e. The second kappa shape index (κ2) is 5.83. The molecular weight excluding hydrogens is 290 g/mol. The molecule has 1 N–H and O–H groups in total. The third kappa shape index (κ3) is 3.21. The number of nitrogens with zero attached hydrogens (tertiary/aromatic N) is 1. The molecule has 7 heteroatoms. The highest BCUT2D eigenvalue weighted by Crippen LogP contribution is 2.25. The fraction of sp³-hybridized carbons (Fsp3) is 0.0769. The first-order chi connectivity index (χ1) is 9.47. The second-order valence-electron chi connectivity index (χ2n) is 4.02. The van der Waals surface area contributed by atoms with Crippen molar-refractivity contribution in [1.29, 1.82) is 0 Å². The van der Waals surface area contributed by atoms with Crippen LogP contribution in [-0.4, -0.2) is 4.92 Å². The number of halogens is 3. The molecule has 0 aromatic heterocycles. The number of nitro benzene ring substituents is 1. The molecule has 0 aliphatic carbocycles. The van der Waals surface area contributed by atoms with Gasteiger partial charge in [-0.05, 0) is 29.8 Å². The van der Waals surface area contributed by atoms with Crippen molar-refractivity contribution < 1.29 is 13.7 Å². The molecule has 0 aliphatic heterocycles. The number of rotatable bonds is 4. The fourth-order valence-corrected chi connectivity index (χ4v) is 1.77. The summed E-state index contributed by atoms with van der Waals surface area (Å²) in [6.07, 6.45) is 0. The van der Waals surface area contributed by atoms with Crippen LogP contribution in [0.5, 0.6) is 0 Å². The molecule has 0 fully saturated rings. The third-order valence-corrected chi connectivity index (χ3v) is 2.93. The van der Waals surface area contributed by atoms with Crippen LogP contribution in [0.2, 0.25) is 5.02 Å². The summed E-state index contributed by atoms with van der Waals surface area (Å²) in [6.45, 7) is 0.153. The molecule has 2 rings (SSSR count). The molecule has 0 amide bonds. The highest BCUT2D eigenvalue weighted by atomic mass is 35.5. The maximum absolute atomic E-state index is 13.2. The number of nitrogens with one attached hydrogen (secondary N) is 1. The van der Waals surface area contributed by atoms with Gasteiger partial charge in [-0.2, -0.15) is 0 Å². The minimum absolute atomic E-state index is 0.00140. The van der Waals surface area contributed by atoms with Gasteiger partial charge in [0.2, 0.25) is 0 Å². The molecule has 20 heavy (non-hydrogen) atoms. The van der Waals surface area contributed by atoms with Crippen LogP contribution in [0.3, 0.4) is 0 Å². The Morgan fingerprint density at radius 2 is 1.95 bits per heavy atom. The van der Waals surface area contributed by atoms with E-state index >= 15 is 0 Å². The monoisotopic (exact) mass is 298 g/mol. The van der Waals surface area contributed by atoms with Crippen LogP contribution in [-0.2, 0) is 6.54 Å². The zero-order valence-electron chi connectivity index (χ0n) is 10.1. The first-order valence-electron chi connectivity index (χ1n) is 5.59. The van der Waals surface area contributed by atoms with Gasteiger partial charge in [-0.15, -0.1) is 0 Å². The van der Waals surface area contributed by atoms with Gasteiger partial charge in [0.05, 0.1) is 16.0 Å². The van der Waals surface area contributed by atoms with Gasteiger partial charge >= 0.3 is 0 Å². The molecule has 0 atom stereocenters. The molecule has 0 unspecified atom stereocenters. The molecule has 0 saturated carbocycles. The number of hydrogen-bond donors (Lipinski definition) is 1. The van der Waals surface area contributed by atoms with Crippen LogP contribution in [0.15, 0.2) is 36.4 Å². The average Bonchev–Trinajstić information content (AvgIpc) is 2.41. The van der Waals surface area contributed by atoms with Crippen LogP contribution in [0, 0.1) is 21.7 Å². The van der Waals surface area contributed by atoms with E-state index in [1.54, 1.807) is 6.07 Å². The lowest BCUT2D eigenvalue weighted by molar-refractivity contribution is -0.384. The molecule has 0 radical (unpaired) electrons. The molecule has 0 bridgehead atoms. The summed E-state index contributed by atoms with van der Waals surface area (Å²) < 4.78 is 26.2. The summed E-state index contributed by atoms with van der Waals surface area (Å²) in [6, 6.07) is 7.41. The van der Waals surface area contributed by atoms with Crippen molar-refractivity contribution in [3.05, 3.63) is 68.7 Å². The summed E-state index contributed by atoms with van der Waals surface area (Å²) in [5, 5.41) is 13.6. The van der Waals surface area contributed by atoms with E-state index in [0.717, 1.165) is 12.1 Å². The summed E-state index contributed by atoms with van der Waals surface area (Å²) in [4.78, 5) is 10.1. The zero-order valence-corrected chi connectivity index (χ0v) is 10.8. The molecule has 0 aliphatic rings. The van der Waals surface area contributed by atoms with Crippen LogP contribution in [0.25, 0.3) is 0 Å². The van der Waals surface area contributed by atoms with Gasteiger partial charge in [-0.25, -0.2) is 8.78 Å². The Labute approximate surface area is 118 Å². The van der Waals surface area contributed by atoms with Gasteiger partial charge in [0.1, 0.15) is 17.3 Å². The van der Waals surface area contributed by atoms with Crippen LogP contribution >= 0.6 is 11.6 Å². The van der Waals surface area contributed by atoms with E-state index in [1.807, 2.05) is 0 Å². The molecule has 2 aromatic carbocycles. The second-order valence-corrected chi connectivity index (χ2v) is 4.43. The van der Waals surface area contributed by atoms with Crippen LogP contribution in [0.1, 0.15) is 5.56 Å². The maximum atomic E-state index is 13.2. The van der Waals surface area contributed by atoms with E-state index in [1.165, 1.54) is 18.2 Å². The fourth-order valence-electron chi connectivity index (χ4n) is 1.65. The Morgan fingerprint density at radius 3 is 2.60 bits per heavy atom. The predicted molar refractivity (Wildman–Crippen MR) is 71.8 cm³/mol. The molecule has 104 valence electrons. The van der Waals surface area contributed by atoms with E-state index in [4.69, 9.17) is 11.6 Å². The summed E-state index contributed by atoms with van der Waals surface area (Å²) in [7, 11) is 0. The first-order valence-corrected chi connectivity index (χ1v) is 5.97. The SMILES string of the molecule is O=[N+]([O-])c1cc(F)ccc1NCc1ccc(Cl)c(F)c1. The average molecular weight is 299 g/mol. The minimum atomic E-state index is -0.695. The minimum Gasteiger partial charge on any atom is -0.375 e. The first kappa shape index (κ1) is 14.2. The van der Waals surface area contributed by atoms with Gasteiger partial charge in [-0.3, -0.25) is 10.1 Å². The Morgan fingerprint density at radius 1 is 1.20 bits per heavy atom. The number of hydrogen-bond acceptors (Lipinski definition) is 3. The topological polar surface area (TPSA) is 55.2 Å². The Balaban J connectivity index is 2.18. The van der Waals surface area contributed by atoms with Crippen molar-refractivity contribution in [2.24, 2.45) is 0 Å². The van der Waals surface area contributed by atoms with Gasteiger partial charge in [0, 0.05) is 6.54 Å². The lowest BCUT2D eigenvalue weighted by atomic mass is 10.2. The lowest BCUT2D eigenvalue weighted by Gasteiger charge is -2.07. The van der Waals surface area contributed by atoms with Gasteiger partial charge < -0.3 is 5.32 Å². The summed E-state index contributed by atoms with van der Waals surface area (Å²) in [5.74, 6) is -1.26. The van der Waals surface area contributed by atoms with E-state index in [9.17, 15) is 18.9 Å². The van der Waals surface area contributed by atoms with E-state index < -0.39 is 16.6 Å². The van der Waals surface area contributed by atoms with Gasteiger partial charge in [0.15, 0.2) is 0 Å². The van der Waals surface area contributed by atoms with Crippen molar-refractivity contribution >= 4 is 23.0 Å². The van der Waals surface area contributed by atoms with Crippen molar-refractivity contribution in [3.63, 3.8) is 0 Å². The lowest BCUT2D eigenvalue weighted by Crippen LogP contribution is -2.03. The Bertz CT molecular complexity index is 665. The number of nitro groups is 1. The Kier molecular flexibility index (Phi) is 4.14. The summed E-state index contributed by atoms with van der Waals surface area (Å²) >= 11 is 5.56. The van der Waals surface area contributed by atoms with Crippen molar-refractivity contribution in [1.82, 2.24) is 0 Å². The molecule has 2 aromatic rings. The van der Waals surface area contributed by atoms with Crippen molar-refractivity contribution in [3.8, 4) is 0 Å². The maximum Gasteiger partial charge on any atom is 0.295 e. The number of anilines is 1. The number of benzene rings is 2. The van der Waals surface area contributed by atoms with E-state index in [0.29, 0.717) is 5.56 Å². The van der Waals surface area contributed by atoms with Gasteiger partial charge in [-0.1, -0.05) is 17.7 Å². The highest BCUT2D eigenvalue weighted by molar-refractivity contribution is 6.30. The van der Waals surface area contributed by atoms with Gasteiger partial charge in [0.25, 0.3) is 5.69 Å². The standard InChI is InChI=1S/C13H9ClF2N2O2/c14-10-3-1-8(5-11(10)16)7-17-12-4-2-9(15)6-13(12)18(19)20/h1-6,17H,7H2. The van der Waals surface area contributed by atoms with E-state index in [2.05, 4.69) is 5.32 Å².